The van der Waals surface area contributed by atoms with Gasteiger partial charge in [-0.15, -0.1) is 0 Å². The number of rotatable bonds is 7. The summed E-state index contributed by atoms with van der Waals surface area (Å²) in [5.74, 6) is 2.50. The monoisotopic (exact) mass is 369 g/mol. The van der Waals surface area contributed by atoms with Crippen molar-refractivity contribution in [2.45, 2.75) is 43.6 Å². The van der Waals surface area contributed by atoms with Crippen molar-refractivity contribution in [2.24, 2.45) is 0 Å². The molecule has 1 aliphatic carbocycles. The van der Waals surface area contributed by atoms with Crippen molar-refractivity contribution in [3.63, 3.8) is 0 Å². The first-order chi connectivity index (χ1) is 13.0. The third-order valence-corrected chi connectivity index (χ3v) is 5.49. The highest BCUT2D eigenvalue weighted by molar-refractivity contribution is 5.37. The Labute approximate surface area is 162 Å². The van der Waals surface area contributed by atoms with Gasteiger partial charge in [-0.1, -0.05) is 31.4 Å². The van der Waals surface area contributed by atoms with Crippen molar-refractivity contribution in [1.29, 1.82) is 0 Å². The van der Waals surface area contributed by atoms with Gasteiger partial charge in [-0.05, 0) is 68.9 Å². The van der Waals surface area contributed by atoms with Crippen LogP contribution in [-0.4, -0.2) is 43.4 Å². The summed E-state index contributed by atoms with van der Waals surface area (Å²) in [5.41, 5.74) is 0.566. The molecule has 0 spiro atoms. The minimum atomic E-state index is -0.610. The molecule has 1 aliphatic rings. The topological polar surface area (TPSA) is 41.9 Å². The van der Waals surface area contributed by atoms with Gasteiger partial charge >= 0.3 is 0 Å². The van der Waals surface area contributed by atoms with Crippen molar-refractivity contribution in [3.8, 4) is 17.2 Å². The molecule has 0 amide bonds. The molecule has 0 heterocycles. The third-order valence-electron chi connectivity index (χ3n) is 5.49. The van der Waals surface area contributed by atoms with Gasteiger partial charge in [-0.3, -0.25) is 0 Å². The minimum absolute atomic E-state index is 0.114. The fourth-order valence-electron chi connectivity index (χ4n) is 4.01. The molecule has 27 heavy (non-hydrogen) atoms. The van der Waals surface area contributed by atoms with E-state index in [1.165, 1.54) is 12.0 Å². The van der Waals surface area contributed by atoms with E-state index in [9.17, 15) is 5.11 Å². The van der Waals surface area contributed by atoms with Crippen LogP contribution in [-0.2, 0) is 0 Å². The van der Waals surface area contributed by atoms with E-state index in [0.717, 1.165) is 49.5 Å². The number of benzene rings is 2. The molecular formula is C23H31NO3. The highest BCUT2D eigenvalue weighted by atomic mass is 16.5. The highest BCUT2D eigenvalue weighted by Crippen LogP contribution is 2.40. The van der Waals surface area contributed by atoms with E-state index in [0.29, 0.717) is 0 Å². The van der Waals surface area contributed by atoms with Crippen molar-refractivity contribution in [2.75, 3.05) is 27.7 Å². The predicted molar refractivity (Wildman–Crippen MR) is 109 cm³/mol. The molecule has 1 saturated carbocycles. The van der Waals surface area contributed by atoms with Crippen molar-refractivity contribution < 1.29 is 14.6 Å². The lowest BCUT2D eigenvalue weighted by molar-refractivity contribution is -0.0277. The number of nitrogens with zero attached hydrogens (tertiary/aromatic N) is 1. The van der Waals surface area contributed by atoms with Crippen LogP contribution >= 0.6 is 0 Å². The molecule has 0 radical (unpaired) electrons. The van der Waals surface area contributed by atoms with E-state index in [-0.39, 0.29) is 5.92 Å². The van der Waals surface area contributed by atoms with Crippen LogP contribution in [0, 0.1) is 0 Å². The summed E-state index contributed by atoms with van der Waals surface area (Å²) in [4.78, 5) is 2.17. The summed E-state index contributed by atoms with van der Waals surface area (Å²) in [7, 11) is 5.79. The van der Waals surface area contributed by atoms with E-state index < -0.39 is 5.60 Å². The Morgan fingerprint density at radius 1 is 0.889 bits per heavy atom. The Morgan fingerprint density at radius 3 is 1.93 bits per heavy atom. The molecule has 1 unspecified atom stereocenters. The summed E-state index contributed by atoms with van der Waals surface area (Å²) in [5, 5.41) is 11.3. The first kappa shape index (κ1) is 19.7. The van der Waals surface area contributed by atoms with Crippen LogP contribution in [0.5, 0.6) is 17.2 Å². The molecule has 1 N–H and O–H groups in total. The summed E-state index contributed by atoms with van der Waals surface area (Å²) < 4.78 is 11.1. The average molecular weight is 370 g/mol. The molecule has 3 rings (SSSR count). The standard InChI is InChI=1S/C23H31NO3/c1-24(2)17-22(23(25)15-5-4-6-16-23)18-7-9-20(10-8-18)27-21-13-11-19(26-3)12-14-21/h7-14,22,25H,4-6,15-17H2,1-3H3. The molecular weight excluding hydrogens is 338 g/mol. The zero-order valence-electron chi connectivity index (χ0n) is 16.6. The quantitative estimate of drug-likeness (QED) is 0.759. The second-order valence-corrected chi connectivity index (χ2v) is 7.83. The fourth-order valence-corrected chi connectivity index (χ4v) is 4.01. The molecule has 2 aromatic carbocycles. The van der Waals surface area contributed by atoms with Crippen molar-refractivity contribution in [1.82, 2.24) is 4.90 Å². The zero-order valence-corrected chi connectivity index (χ0v) is 16.6. The van der Waals surface area contributed by atoms with Gasteiger partial charge in [0.1, 0.15) is 17.2 Å². The molecule has 4 heteroatoms. The van der Waals surface area contributed by atoms with E-state index in [4.69, 9.17) is 9.47 Å². The van der Waals surface area contributed by atoms with Crippen LogP contribution < -0.4 is 9.47 Å². The zero-order chi connectivity index (χ0) is 19.3. The summed E-state index contributed by atoms with van der Waals surface area (Å²) in [6.45, 7) is 0.842. The average Bonchev–Trinajstić information content (AvgIpc) is 2.68. The van der Waals surface area contributed by atoms with Gasteiger partial charge in [0.05, 0.1) is 12.7 Å². The van der Waals surface area contributed by atoms with E-state index in [2.05, 4.69) is 31.1 Å². The van der Waals surface area contributed by atoms with Crippen LogP contribution in [0.2, 0.25) is 0 Å². The van der Waals surface area contributed by atoms with Crippen molar-refractivity contribution in [3.05, 3.63) is 54.1 Å². The number of likely N-dealkylation sites (N-methyl/N-ethyl adjacent to an activating group) is 1. The first-order valence-electron chi connectivity index (χ1n) is 9.79. The van der Waals surface area contributed by atoms with Gasteiger partial charge in [0.2, 0.25) is 0 Å². The molecule has 2 aromatic rings. The molecule has 0 aliphatic heterocycles. The SMILES string of the molecule is COc1ccc(Oc2ccc(C(CN(C)C)C3(O)CCCCC3)cc2)cc1. The Balaban J connectivity index is 1.75. The van der Waals surface area contributed by atoms with Crippen LogP contribution in [0.3, 0.4) is 0 Å². The maximum atomic E-state index is 11.3. The molecule has 1 fully saturated rings. The molecule has 0 saturated heterocycles. The van der Waals surface area contributed by atoms with Gasteiger partial charge < -0.3 is 19.5 Å². The number of ether oxygens (including phenoxy) is 2. The van der Waals surface area contributed by atoms with E-state index in [1.807, 2.05) is 36.4 Å². The Bertz CT molecular complexity index is 703. The molecule has 4 nitrogen and oxygen atoms in total. The first-order valence-corrected chi connectivity index (χ1v) is 9.79. The summed E-state index contributed by atoms with van der Waals surface area (Å²) in [6.07, 6.45) is 5.22. The minimum Gasteiger partial charge on any atom is -0.497 e. The van der Waals surface area contributed by atoms with Gasteiger partial charge in [0, 0.05) is 12.5 Å². The second-order valence-electron chi connectivity index (χ2n) is 7.83. The van der Waals surface area contributed by atoms with E-state index in [1.54, 1.807) is 7.11 Å². The largest absolute Gasteiger partial charge is 0.497 e. The lowest BCUT2D eigenvalue weighted by atomic mass is 9.72. The number of methoxy groups -OCH3 is 1. The van der Waals surface area contributed by atoms with Gasteiger partial charge in [-0.2, -0.15) is 0 Å². The lowest BCUT2D eigenvalue weighted by Crippen LogP contribution is -2.42. The predicted octanol–water partition coefficient (Wildman–Crippen LogP) is 4.83. The van der Waals surface area contributed by atoms with Gasteiger partial charge in [-0.25, -0.2) is 0 Å². The van der Waals surface area contributed by atoms with Crippen LogP contribution in [0.15, 0.2) is 48.5 Å². The second kappa shape index (κ2) is 8.77. The summed E-state index contributed by atoms with van der Waals surface area (Å²) in [6, 6.07) is 15.7. The van der Waals surface area contributed by atoms with E-state index >= 15 is 0 Å². The maximum Gasteiger partial charge on any atom is 0.127 e. The highest BCUT2D eigenvalue weighted by Gasteiger charge is 2.38. The summed E-state index contributed by atoms with van der Waals surface area (Å²) >= 11 is 0. The lowest BCUT2D eigenvalue weighted by Gasteiger charge is -2.40. The van der Waals surface area contributed by atoms with Crippen LogP contribution in [0.4, 0.5) is 0 Å². The number of hydrogen-bond donors (Lipinski definition) is 1. The Kier molecular flexibility index (Phi) is 6.40. The fraction of sp³-hybridized carbons (Fsp3) is 0.478. The molecule has 1 atom stereocenters. The Morgan fingerprint density at radius 2 is 1.41 bits per heavy atom. The third kappa shape index (κ3) is 5.02. The molecule has 146 valence electrons. The van der Waals surface area contributed by atoms with Crippen LogP contribution in [0.1, 0.15) is 43.6 Å². The maximum absolute atomic E-state index is 11.3. The smallest absolute Gasteiger partial charge is 0.127 e. The van der Waals surface area contributed by atoms with Crippen LogP contribution in [0.25, 0.3) is 0 Å². The molecule has 0 bridgehead atoms. The number of hydrogen-bond acceptors (Lipinski definition) is 4. The van der Waals surface area contributed by atoms with Gasteiger partial charge in [0.25, 0.3) is 0 Å². The molecule has 0 aromatic heterocycles. The van der Waals surface area contributed by atoms with Crippen molar-refractivity contribution >= 4 is 0 Å². The number of aliphatic hydroxyl groups is 1. The Hall–Kier alpha value is -2.04. The van der Waals surface area contributed by atoms with Gasteiger partial charge in [0.15, 0.2) is 0 Å². The normalized spacial score (nSPS) is 17.5.